The second kappa shape index (κ2) is 6.64. The summed E-state index contributed by atoms with van der Waals surface area (Å²) >= 11 is 7.40. The minimum atomic E-state index is -0.566. The highest BCUT2D eigenvalue weighted by Crippen LogP contribution is 2.24. The zero-order valence-corrected chi connectivity index (χ0v) is 14.5. The van der Waals surface area contributed by atoms with Crippen molar-refractivity contribution in [2.75, 3.05) is 0 Å². The summed E-state index contributed by atoms with van der Waals surface area (Å²) in [5.74, 6) is -0.466. The van der Waals surface area contributed by atoms with Crippen LogP contribution in [-0.4, -0.2) is 15.8 Å². The van der Waals surface area contributed by atoms with Crippen LogP contribution in [0.15, 0.2) is 23.6 Å². The Hall–Kier alpha value is -1.99. The number of benzene rings is 1. The third-order valence-corrected chi connectivity index (χ3v) is 4.30. The molecule has 1 amide bonds. The van der Waals surface area contributed by atoms with Crippen LogP contribution in [0.25, 0.3) is 0 Å². The molecule has 1 N–H and O–H groups in total. The molecule has 0 spiro atoms. The number of nitro groups is 1. The molecule has 1 heterocycles. The van der Waals surface area contributed by atoms with Crippen LogP contribution in [0.3, 0.4) is 0 Å². The molecule has 0 fully saturated rings. The summed E-state index contributed by atoms with van der Waals surface area (Å²) in [6, 6.07) is 3.77. The number of amides is 1. The van der Waals surface area contributed by atoms with Gasteiger partial charge >= 0.3 is 0 Å². The van der Waals surface area contributed by atoms with Crippen molar-refractivity contribution >= 4 is 34.5 Å². The summed E-state index contributed by atoms with van der Waals surface area (Å²) in [6.07, 6.45) is 0. The molecule has 6 nitrogen and oxygen atoms in total. The van der Waals surface area contributed by atoms with Crippen LogP contribution in [0.5, 0.6) is 0 Å². The van der Waals surface area contributed by atoms with E-state index in [9.17, 15) is 14.9 Å². The highest BCUT2D eigenvalue weighted by atomic mass is 35.5. The highest BCUT2D eigenvalue weighted by Gasteiger charge is 2.19. The molecule has 0 saturated carbocycles. The average molecular weight is 354 g/mol. The Labute approximate surface area is 142 Å². The quantitative estimate of drug-likeness (QED) is 0.666. The molecule has 0 bridgehead atoms. The van der Waals surface area contributed by atoms with Crippen molar-refractivity contribution in [1.82, 2.24) is 10.3 Å². The lowest BCUT2D eigenvalue weighted by Gasteiger charge is -2.14. The average Bonchev–Trinajstić information content (AvgIpc) is 2.94. The number of aromatic nitrogens is 1. The maximum absolute atomic E-state index is 12.2. The van der Waals surface area contributed by atoms with E-state index in [2.05, 4.69) is 31.1 Å². The topological polar surface area (TPSA) is 85.1 Å². The largest absolute Gasteiger partial charge is 0.345 e. The van der Waals surface area contributed by atoms with Gasteiger partial charge < -0.3 is 5.32 Å². The van der Waals surface area contributed by atoms with Gasteiger partial charge in [-0.15, -0.1) is 11.3 Å². The standard InChI is InChI=1S/C15H16ClN3O3S/c1-15(2,3)12-8-23-13(18-12)7-17-14(20)10-6-9(19(21)22)4-5-11(10)16/h4-6,8H,7H2,1-3H3,(H,17,20). The number of non-ortho nitro benzene ring substituents is 1. The Kier molecular flexibility index (Phi) is 5.01. The third-order valence-electron chi connectivity index (χ3n) is 3.13. The Balaban J connectivity index is 2.09. The van der Waals surface area contributed by atoms with Crippen LogP contribution in [0.4, 0.5) is 5.69 Å². The first kappa shape index (κ1) is 17.4. The van der Waals surface area contributed by atoms with Crippen LogP contribution in [0, 0.1) is 10.1 Å². The van der Waals surface area contributed by atoms with Gasteiger partial charge in [-0.2, -0.15) is 0 Å². The van der Waals surface area contributed by atoms with E-state index in [0.717, 1.165) is 10.7 Å². The van der Waals surface area contributed by atoms with Gasteiger partial charge in [-0.25, -0.2) is 4.98 Å². The maximum Gasteiger partial charge on any atom is 0.270 e. The molecule has 0 saturated heterocycles. The SMILES string of the molecule is CC(C)(C)c1csc(CNC(=O)c2cc([N+](=O)[O-])ccc2Cl)n1. The van der Waals surface area contributed by atoms with Crippen LogP contribution in [0.2, 0.25) is 5.02 Å². The molecule has 0 atom stereocenters. The number of carbonyl (C=O) groups excluding carboxylic acids is 1. The van der Waals surface area contributed by atoms with Crippen LogP contribution < -0.4 is 5.32 Å². The molecule has 2 aromatic rings. The smallest absolute Gasteiger partial charge is 0.270 e. The van der Waals surface area contributed by atoms with Crippen molar-refractivity contribution in [3.63, 3.8) is 0 Å². The number of thiazole rings is 1. The number of nitro benzene ring substituents is 1. The minimum absolute atomic E-state index is 0.0535. The lowest BCUT2D eigenvalue weighted by Crippen LogP contribution is -2.23. The Morgan fingerprint density at radius 2 is 2.13 bits per heavy atom. The van der Waals surface area contributed by atoms with E-state index in [1.165, 1.54) is 29.5 Å². The van der Waals surface area contributed by atoms with Gasteiger partial charge in [0.2, 0.25) is 0 Å². The van der Waals surface area contributed by atoms with Gasteiger partial charge in [0.25, 0.3) is 11.6 Å². The molecule has 1 aromatic carbocycles. The fourth-order valence-corrected chi connectivity index (χ4v) is 2.95. The first-order chi connectivity index (χ1) is 10.7. The fourth-order valence-electron chi connectivity index (χ4n) is 1.79. The van der Waals surface area contributed by atoms with Crippen molar-refractivity contribution < 1.29 is 9.72 Å². The Morgan fingerprint density at radius 1 is 1.43 bits per heavy atom. The Bertz CT molecular complexity index is 753. The molecule has 0 unspecified atom stereocenters. The van der Waals surface area contributed by atoms with E-state index in [1.54, 1.807) is 0 Å². The second-order valence-corrected chi connectivity index (χ2v) is 7.33. The van der Waals surface area contributed by atoms with E-state index in [4.69, 9.17) is 11.6 Å². The Morgan fingerprint density at radius 3 is 2.70 bits per heavy atom. The molecule has 8 heteroatoms. The molecule has 23 heavy (non-hydrogen) atoms. The summed E-state index contributed by atoms with van der Waals surface area (Å²) in [7, 11) is 0. The van der Waals surface area contributed by atoms with E-state index in [-0.39, 0.29) is 28.2 Å². The van der Waals surface area contributed by atoms with E-state index < -0.39 is 10.8 Å². The van der Waals surface area contributed by atoms with Gasteiger partial charge in [-0.1, -0.05) is 32.4 Å². The number of halogens is 1. The lowest BCUT2D eigenvalue weighted by molar-refractivity contribution is -0.384. The summed E-state index contributed by atoms with van der Waals surface area (Å²) in [4.78, 5) is 26.9. The number of nitrogens with one attached hydrogen (secondary N) is 1. The van der Waals surface area contributed by atoms with E-state index >= 15 is 0 Å². The minimum Gasteiger partial charge on any atom is -0.345 e. The zero-order chi connectivity index (χ0) is 17.2. The maximum atomic E-state index is 12.2. The highest BCUT2D eigenvalue weighted by molar-refractivity contribution is 7.09. The molecule has 0 aliphatic heterocycles. The molecule has 1 aromatic heterocycles. The van der Waals surface area contributed by atoms with Crippen molar-refractivity contribution in [3.8, 4) is 0 Å². The third kappa shape index (κ3) is 4.27. The predicted molar refractivity (Wildman–Crippen MR) is 90.1 cm³/mol. The van der Waals surface area contributed by atoms with Gasteiger partial charge in [-0.3, -0.25) is 14.9 Å². The molecular formula is C15H16ClN3O3S. The summed E-state index contributed by atoms with van der Waals surface area (Å²) in [5, 5.41) is 16.4. The second-order valence-electron chi connectivity index (χ2n) is 5.98. The normalized spacial score (nSPS) is 11.3. The first-order valence-electron chi connectivity index (χ1n) is 6.85. The number of carbonyl (C=O) groups is 1. The summed E-state index contributed by atoms with van der Waals surface area (Å²) in [6.45, 7) is 6.44. The fraction of sp³-hybridized carbons (Fsp3) is 0.333. The molecule has 2 rings (SSSR count). The molecule has 122 valence electrons. The number of hydrogen-bond acceptors (Lipinski definition) is 5. The molecule has 0 aliphatic carbocycles. The number of rotatable bonds is 4. The van der Waals surface area contributed by atoms with Crippen molar-refractivity contribution in [3.05, 3.63) is 55.0 Å². The van der Waals surface area contributed by atoms with Crippen molar-refractivity contribution in [1.29, 1.82) is 0 Å². The monoisotopic (exact) mass is 353 g/mol. The number of nitrogens with zero attached hydrogens (tertiary/aromatic N) is 2. The summed E-state index contributed by atoms with van der Waals surface area (Å²) in [5.41, 5.74) is 0.805. The van der Waals surface area contributed by atoms with E-state index in [1.807, 2.05) is 5.38 Å². The predicted octanol–water partition coefficient (Wildman–Crippen LogP) is 3.93. The molecule has 0 aliphatic rings. The van der Waals surface area contributed by atoms with Crippen molar-refractivity contribution in [2.45, 2.75) is 32.7 Å². The number of hydrogen-bond donors (Lipinski definition) is 1. The zero-order valence-electron chi connectivity index (χ0n) is 12.9. The van der Waals surface area contributed by atoms with E-state index in [0.29, 0.717) is 0 Å². The van der Waals surface area contributed by atoms with Gasteiger partial charge in [-0.05, 0) is 6.07 Å². The van der Waals surface area contributed by atoms with Crippen molar-refractivity contribution in [2.24, 2.45) is 0 Å². The van der Waals surface area contributed by atoms with Gasteiger partial charge in [0.15, 0.2) is 0 Å². The van der Waals surface area contributed by atoms with Gasteiger partial charge in [0.1, 0.15) is 5.01 Å². The molecular weight excluding hydrogens is 338 g/mol. The van der Waals surface area contributed by atoms with Crippen LogP contribution in [-0.2, 0) is 12.0 Å². The van der Waals surface area contributed by atoms with Gasteiger partial charge in [0.05, 0.1) is 27.7 Å². The van der Waals surface area contributed by atoms with Gasteiger partial charge in [0, 0.05) is 22.9 Å². The lowest BCUT2D eigenvalue weighted by atomic mass is 9.93. The van der Waals surface area contributed by atoms with Crippen LogP contribution in [0.1, 0.15) is 41.8 Å². The first-order valence-corrected chi connectivity index (χ1v) is 8.11. The molecule has 0 radical (unpaired) electrons. The summed E-state index contributed by atoms with van der Waals surface area (Å²) < 4.78 is 0. The van der Waals surface area contributed by atoms with Crippen LogP contribution >= 0.6 is 22.9 Å².